The molecule has 2 aliphatic heterocycles. The minimum atomic E-state index is -1.15. The number of esters is 1. The van der Waals surface area contributed by atoms with Gasteiger partial charge in [-0.3, -0.25) is 14.4 Å². The number of nitrogens with one attached hydrogen (secondary N) is 3. The van der Waals surface area contributed by atoms with Crippen LogP contribution in [0.2, 0.25) is 5.02 Å². The van der Waals surface area contributed by atoms with Crippen LogP contribution in [0.5, 0.6) is 5.75 Å². The van der Waals surface area contributed by atoms with Gasteiger partial charge in [0.1, 0.15) is 30.0 Å². The molecule has 51 heavy (non-hydrogen) atoms. The van der Waals surface area contributed by atoms with E-state index in [2.05, 4.69) is 16.0 Å². The van der Waals surface area contributed by atoms with Crippen molar-refractivity contribution in [3.8, 4) is 5.75 Å². The van der Waals surface area contributed by atoms with Gasteiger partial charge in [0.05, 0.1) is 23.7 Å². The van der Waals surface area contributed by atoms with Gasteiger partial charge in [0, 0.05) is 31.3 Å². The number of hydrogen-bond donors (Lipinski definition) is 4. The number of halogens is 1. The van der Waals surface area contributed by atoms with Gasteiger partial charge in [0.15, 0.2) is 0 Å². The van der Waals surface area contributed by atoms with Crippen LogP contribution in [-0.2, 0) is 41.6 Å². The molecule has 0 spiro atoms. The van der Waals surface area contributed by atoms with Crippen LogP contribution >= 0.6 is 11.6 Å². The van der Waals surface area contributed by atoms with Crippen molar-refractivity contribution >= 4 is 35.3 Å². The Labute approximate surface area is 306 Å². The van der Waals surface area contributed by atoms with Crippen molar-refractivity contribution in [2.24, 2.45) is 22.5 Å². The fraction of sp³-hybridized carbons (Fsp3) is 0.538. The number of carbonyl (C=O) groups excluding carboxylic acids is 4. The second-order valence-electron chi connectivity index (χ2n) is 15.4. The second kappa shape index (κ2) is 16.6. The molecular weight excluding hydrogens is 672 g/mol. The molecule has 1 fully saturated rings. The maximum absolute atomic E-state index is 13.9. The summed E-state index contributed by atoms with van der Waals surface area (Å²) in [5.74, 6) is -1.76. The Morgan fingerprint density at radius 2 is 1.67 bits per heavy atom. The SMILES string of the molecule is COc1ccc(CC2NC(=O)/C=C/C[C@@H](C(C)[C@H]3O[C@@H]3c3ccc(CN)cc3)OC(=O)C(CC(C)(C)C)NC(=O)C(C)(C)[C@H](C)NC2=O)cc1Cl. The number of amides is 3. The predicted molar refractivity (Wildman–Crippen MR) is 196 cm³/mol. The molecule has 3 amide bonds. The van der Waals surface area contributed by atoms with E-state index in [-0.39, 0.29) is 36.4 Å². The minimum Gasteiger partial charge on any atom is -0.495 e. The summed E-state index contributed by atoms with van der Waals surface area (Å²) in [5.41, 5.74) is 6.99. The molecule has 2 aromatic carbocycles. The zero-order valence-electron chi connectivity index (χ0n) is 30.9. The summed E-state index contributed by atoms with van der Waals surface area (Å²) in [6.07, 6.45) is 2.52. The number of cyclic esters (lactones) is 1. The van der Waals surface area contributed by atoms with Crippen molar-refractivity contribution < 1.29 is 33.4 Å². The van der Waals surface area contributed by atoms with Gasteiger partial charge in [-0.15, -0.1) is 0 Å². The molecule has 0 aromatic heterocycles. The van der Waals surface area contributed by atoms with E-state index < -0.39 is 53.3 Å². The number of ether oxygens (including phenoxy) is 3. The van der Waals surface area contributed by atoms with E-state index in [1.54, 1.807) is 45.0 Å². The number of epoxide rings is 1. The zero-order chi connectivity index (χ0) is 37.7. The summed E-state index contributed by atoms with van der Waals surface area (Å²) in [6.45, 7) is 13.4. The molecule has 4 rings (SSSR count). The monoisotopic (exact) mass is 724 g/mol. The molecule has 0 bridgehead atoms. The van der Waals surface area contributed by atoms with Crippen molar-refractivity contribution in [2.75, 3.05) is 7.11 Å². The fourth-order valence-electron chi connectivity index (χ4n) is 6.10. The summed E-state index contributed by atoms with van der Waals surface area (Å²) in [5, 5.41) is 9.04. The second-order valence-corrected chi connectivity index (χ2v) is 15.8. The Hall–Kier alpha value is -3.93. The van der Waals surface area contributed by atoms with Gasteiger partial charge in [-0.25, -0.2) is 4.79 Å². The number of benzene rings is 2. The maximum atomic E-state index is 13.9. The van der Waals surface area contributed by atoms with Crippen LogP contribution in [0.3, 0.4) is 0 Å². The number of rotatable bonds is 8. The first-order valence-electron chi connectivity index (χ1n) is 17.5. The average Bonchev–Trinajstić information content (AvgIpc) is 3.87. The fourth-order valence-corrected chi connectivity index (χ4v) is 6.38. The van der Waals surface area contributed by atoms with Gasteiger partial charge >= 0.3 is 5.97 Å². The number of hydrogen-bond acceptors (Lipinski definition) is 8. The Kier molecular flexibility index (Phi) is 13.0. The highest BCUT2D eigenvalue weighted by Crippen LogP contribution is 2.45. The first kappa shape index (κ1) is 39.8. The van der Waals surface area contributed by atoms with Crippen LogP contribution in [-0.4, -0.2) is 61.1 Å². The van der Waals surface area contributed by atoms with E-state index in [9.17, 15) is 19.2 Å². The average molecular weight is 725 g/mol. The van der Waals surface area contributed by atoms with Crippen LogP contribution in [0.1, 0.15) is 84.1 Å². The third-order valence-corrected chi connectivity index (χ3v) is 10.1. The first-order valence-corrected chi connectivity index (χ1v) is 17.9. The molecule has 0 radical (unpaired) electrons. The van der Waals surface area contributed by atoms with Crippen molar-refractivity contribution in [1.29, 1.82) is 0 Å². The Balaban J connectivity index is 1.65. The van der Waals surface area contributed by atoms with Crippen molar-refractivity contribution in [1.82, 2.24) is 16.0 Å². The Morgan fingerprint density at radius 1 is 1.00 bits per heavy atom. The molecule has 11 nitrogen and oxygen atoms in total. The van der Waals surface area contributed by atoms with E-state index in [1.807, 2.05) is 52.0 Å². The summed E-state index contributed by atoms with van der Waals surface area (Å²) < 4.78 is 17.6. The van der Waals surface area contributed by atoms with Crippen molar-refractivity contribution in [3.63, 3.8) is 0 Å². The summed E-state index contributed by atoms with van der Waals surface area (Å²) in [4.78, 5) is 54.9. The standard InChI is InChI=1S/C39H53ClN4O7/c1-22(33-34(51-33)26-15-12-24(21-41)13-16-26)30-10-9-11-32(45)43-28(19-25-14-17-31(49-8)27(40)18-25)35(46)42-23(2)39(6,7)37(48)44-29(36(47)50-30)20-38(3,4)5/h9,11-18,22-23,28-30,33-34H,10,19-21,41H2,1-8H3,(H,42,46)(H,43,45)(H,44,48)/b11-9+/t22?,23-,28?,29?,30-,33+,34+/m0/s1. The molecule has 2 aromatic rings. The lowest BCUT2D eigenvalue weighted by Crippen LogP contribution is -2.58. The van der Waals surface area contributed by atoms with Gasteiger partial charge in [-0.1, -0.05) is 75.7 Å². The highest BCUT2D eigenvalue weighted by atomic mass is 35.5. The van der Waals surface area contributed by atoms with E-state index in [4.69, 9.17) is 31.5 Å². The van der Waals surface area contributed by atoms with Crippen LogP contribution in [0.25, 0.3) is 0 Å². The van der Waals surface area contributed by atoms with Gasteiger partial charge < -0.3 is 35.9 Å². The summed E-state index contributed by atoms with van der Waals surface area (Å²) in [6, 6.07) is 10.4. The van der Waals surface area contributed by atoms with Gasteiger partial charge in [0.25, 0.3) is 0 Å². The lowest BCUT2D eigenvalue weighted by atomic mass is 9.82. The molecule has 1 saturated heterocycles. The normalized spacial score (nSPS) is 27.3. The molecule has 278 valence electrons. The Bertz CT molecular complexity index is 1600. The van der Waals surface area contributed by atoms with Gasteiger partial charge in [0.2, 0.25) is 17.7 Å². The summed E-state index contributed by atoms with van der Waals surface area (Å²) >= 11 is 6.36. The lowest BCUT2D eigenvalue weighted by Gasteiger charge is -2.35. The van der Waals surface area contributed by atoms with Crippen LogP contribution in [0.4, 0.5) is 0 Å². The van der Waals surface area contributed by atoms with E-state index >= 15 is 0 Å². The van der Waals surface area contributed by atoms with E-state index in [0.717, 1.165) is 11.1 Å². The minimum absolute atomic E-state index is 0.131. The number of methoxy groups -OCH3 is 1. The topological polar surface area (TPSA) is 161 Å². The highest BCUT2D eigenvalue weighted by molar-refractivity contribution is 6.32. The van der Waals surface area contributed by atoms with Gasteiger partial charge in [-0.05, 0) is 67.5 Å². The van der Waals surface area contributed by atoms with Gasteiger partial charge in [-0.2, -0.15) is 0 Å². The largest absolute Gasteiger partial charge is 0.495 e. The molecule has 2 heterocycles. The molecule has 5 N–H and O–H groups in total. The maximum Gasteiger partial charge on any atom is 0.328 e. The quantitative estimate of drug-likeness (QED) is 0.220. The smallest absolute Gasteiger partial charge is 0.328 e. The van der Waals surface area contributed by atoms with Crippen LogP contribution in [0, 0.1) is 16.7 Å². The lowest BCUT2D eigenvalue weighted by molar-refractivity contribution is -0.157. The summed E-state index contributed by atoms with van der Waals surface area (Å²) in [7, 11) is 1.51. The Morgan fingerprint density at radius 3 is 2.27 bits per heavy atom. The third kappa shape index (κ3) is 10.6. The zero-order valence-corrected chi connectivity index (χ0v) is 31.6. The predicted octanol–water partition coefficient (Wildman–Crippen LogP) is 4.93. The number of carbonyl (C=O) groups is 4. The molecule has 2 aliphatic rings. The van der Waals surface area contributed by atoms with Crippen LogP contribution < -0.4 is 26.4 Å². The van der Waals surface area contributed by atoms with Crippen molar-refractivity contribution in [2.45, 2.75) is 111 Å². The van der Waals surface area contributed by atoms with E-state index in [1.165, 1.54) is 13.2 Å². The third-order valence-electron chi connectivity index (χ3n) is 9.80. The molecular formula is C39H53ClN4O7. The molecule has 3 unspecified atom stereocenters. The highest BCUT2D eigenvalue weighted by Gasteiger charge is 2.48. The molecule has 0 aliphatic carbocycles. The first-order chi connectivity index (χ1) is 23.9. The van der Waals surface area contributed by atoms with E-state index in [0.29, 0.717) is 29.3 Å². The molecule has 0 saturated carbocycles. The number of nitrogens with two attached hydrogens (primary N) is 1. The van der Waals surface area contributed by atoms with Crippen LogP contribution in [0.15, 0.2) is 54.6 Å². The molecule has 12 heteroatoms. The van der Waals surface area contributed by atoms with Crippen molar-refractivity contribution in [3.05, 3.63) is 76.3 Å². The molecule has 7 atom stereocenters.